The van der Waals surface area contributed by atoms with Crippen LogP contribution < -0.4 is 5.32 Å². The molecular formula is C17H25NO. The third-order valence-electron chi connectivity index (χ3n) is 5.02. The van der Waals surface area contributed by atoms with Crippen LogP contribution >= 0.6 is 0 Å². The summed E-state index contributed by atoms with van der Waals surface area (Å²) in [5, 5.41) is 12.8. The van der Waals surface area contributed by atoms with Crippen LogP contribution in [0, 0.1) is 12.3 Å². The molecule has 2 nitrogen and oxygen atoms in total. The zero-order valence-corrected chi connectivity index (χ0v) is 11.9. The lowest BCUT2D eigenvalue weighted by Gasteiger charge is -2.37. The predicted octanol–water partition coefficient (Wildman–Crippen LogP) is 2.99. The number of rotatable bonds is 6. The molecule has 0 bridgehead atoms. The monoisotopic (exact) mass is 259 g/mol. The summed E-state index contributed by atoms with van der Waals surface area (Å²) >= 11 is 0. The molecule has 2 fully saturated rings. The molecule has 0 saturated heterocycles. The molecule has 0 radical (unpaired) electrons. The van der Waals surface area contributed by atoms with E-state index in [9.17, 15) is 0 Å². The molecule has 3 rings (SSSR count). The minimum atomic E-state index is 0.345. The maximum Gasteiger partial charge on any atom is 0.0436 e. The van der Waals surface area contributed by atoms with Crippen molar-refractivity contribution < 1.29 is 5.11 Å². The number of hydrogen-bond donors (Lipinski definition) is 2. The number of nitrogens with one attached hydrogen (secondary N) is 1. The fourth-order valence-corrected chi connectivity index (χ4v) is 3.27. The zero-order valence-electron chi connectivity index (χ0n) is 11.9. The molecule has 2 saturated carbocycles. The number of aliphatic hydroxyl groups is 1. The Morgan fingerprint density at radius 3 is 2.74 bits per heavy atom. The van der Waals surface area contributed by atoms with Crippen LogP contribution in [-0.4, -0.2) is 24.3 Å². The van der Waals surface area contributed by atoms with Gasteiger partial charge in [0.1, 0.15) is 0 Å². The van der Waals surface area contributed by atoms with Crippen molar-refractivity contribution in [1.29, 1.82) is 0 Å². The van der Waals surface area contributed by atoms with Crippen LogP contribution in [0.4, 0.5) is 0 Å². The maximum atomic E-state index is 9.07. The maximum absolute atomic E-state index is 9.07. The first-order valence-corrected chi connectivity index (χ1v) is 7.62. The summed E-state index contributed by atoms with van der Waals surface area (Å²) in [5.41, 5.74) is 3.33. The first kappa shape index (κ1) is 13.1. The van der Waals surface area contributed by atoms with Crippen LogP contribution in [0.15, 0.2) is 24.3 Å². The molecule has 1 aromatic rings. The summed E-state index contributed by atoms with van der Waals surface area (Å²) in [6, 6.07) is 9.63. The summed E-state index contributed by atoms with van der Waals surface area (Å²) < 4.78 is 0. The first-order chi connectivity index (χ1) is 9.21. The fraction of sp³-hybridized carbons (Fsp3) is 0.647. The van der Waals surface area contributed by atoms with Crippen molar-refractivity contribution in [3.05, 3.63) is 35.4 Å². The van der Waals surface area contributed by atoms with Gasteiger partial charge in [-0.3, -0.25) is 0 Å². The van der Waals surface area contributed by atoms with Gasteiger partial charge in [0.25, 0.3) is 0 Å². The Morgan fingerprint density at radius 1 is 1.32 bits per heavy atom. The van der Waals surface area contributed by atoms with E-state index in [4.69, 9.17) is 5.11 Å². The van der Waals surface area contributed by atoms with Crippen molar-refractivity contribution in [1.82, 2.24) is 5.32 Å². The second kappa shape index (κ2) is 5.26. The quantitative estimate of drug-likeness (QED) is 0.823. The summed E-state index contributed by atoms with van der Waals surface area (Å²) in [5.74, 6) is 0.755. The molecule has 1 aromatic carbocycles. The number of aryl methyl sites for hydroxylation is 1. The molecule has 104 valence electrons. The highest BCUT2D eigenvalue weighted by Gasteiger charge is 2.42. The molecule has 0 aromatic heterocycles. The fourth-order valence-electron chi connectivity index (χ4n) is 3.27. The van der Waals surface area contributed by atoms with Gasteiger partial charge < -0.3 is 10.4 Å². The van der Waals surface area contributed by atoms with Crippen molar-refractivity contribution in [2.24, 2.45) is 5.41 Å². The van der Waals surface area contributed by atoms with Crippen LogP contribution in [0.3, 0.4) is 0 Å². The van der Waals surface area contributed by atoms with Crippen molar-refractivity contribution >= 4 is 0 Å². The van der Waals surface area contributed by atoms with E-state index in [0.717, 1.165) is 18.9 Å². The van der Waals surface area contributed by atoms with Gasteiger partial charge in [-0.1, -0.05) is 29.8 Å². The Morgan fingerprint density at radius 2 is 2.11 bits per heavy atom. The summed E-state index contributed by atoms with van der Waals surface area (Å²) in [6.07, 6.45) is 6.13. The molecule has 2 aliphatic carbocycles. The Balaban J connectivity index is 1.43. The molecule has 0 atom stereocenters. The average molecular weight is 259 g/mol. The van der Waals surface area contributed by atoms with E-state index in [1.54, 1.807) is 0 Å². The zero-order chi connectivity index (χ0) is 13.3. The highest BCUT2D eigenvalue weighted by atomic mass is 16.3. The second-order valence-corrected chi connectivity index (χ2v) is 6.63. The molecule has 0 amide bonds. The van der Waals surface area contributed by atoms with E-state index in [0.29, 0.717) is 18.1 Å². The summed E-state index contributed by atoms with van der Waals surface area (Å²) in [4.78, 5) is 0. The van der Waals surface area contributed by atoms with E-state index in [2.05, 4.69) is 36.5 Å². The molecule has 0 spiro atoms. The largest absolute Gasteiger partial charge is 0.396 e. The molecular weight excluding hydrogens is 234 g/mol. The Labute approximate surface area is 116 Å². The third-order valence-corrected chi connectivity index (χ3v) is 5.02. The summed E-state index contributed by atoms with van der Waals surface area (Å²) in [7, 11) is 0. The van der Waals surface area contributed by atoms with Crippen molar-refractivity contribution in [3.8, 4) is 0 Å². The highest BCUT2D eigenvalue weighted by Crippen LogP contribution is 2.48. The number of hydrogen-bond acceptors (Lipinski definition) is 2. The lowest BCUT2D eigenvalue weighted by molar-refractivity contribution is 0.224. The smallest absolute Gasteiger partial charge is 0.0436 e. The topological polar surface area (TPSA) is 32.3 Å². The molecule has 19 heavy (non-hydrogen) atoms. The Kier molecular flexibility index (Phi) is 3.64. The minimum absolute atomic E-state index is 0.345. The lowest BCUT2D eigenvalue weighted by Crippen LogP contribution is -2.42. The van der Waals surface area contributed by atoms with Gasteiger partial charge in [0.05, 0.1) is 0 Å². The lowest BCUT2D eigenvalue weighted by atomic mass is 9.75. The van der Waals surface area contributed by atoms with Gasteiger partial charge in [-0.2, -0.15) is 0 Å². The number of aliphatic hydroxyl groups excluding tert-OH is 1. The van der Waals surface area contributed by atoms with E-state index >= 15 is 0 Å². The molecule has 2 heteroatoms. The van der Waals surface area contributed by atoms with Gasteiger partial charge in [0.2, 0.25) is 0 Å². The first-order valence-electron chi connectivity index (χ1n) is 7.62. The predicted molar refractivity (Wildman–Crippen MR) is 78.3 cm³/mol. The molecule has 2 N–H and O–H groups in total. The standard InChI is InChI=1S/C17H25NO/c1-13-3-2-4-14(9-13)15-10-16(11-15)18-12-17(5-6-17)7-8-19/h2-4,9,15-16,18-19H,5-8,10-12H2,1H3. The highest BCUT2D eigenvalue weighted by molar-refractivity contribution is 5.27. The van der Waals surface area contributed by atoms with Crippen LogP contribution in [0.25, 0.3) is 0 Å². The van der Waals surface area contributed by atoms with Gasteiger partial charge in [-0.15, -0.1) is 0 Å². The molecule has 0 aliphatic heterocycles. The van der Waals surface area contributed by atoms with E-state index < -0.39 is 0 Å². The third kappa shape index (κ3) is 3.01. The van der Waals surface area contributed by atoms with E-state index in [1.165, 1.54) is 36.8 Å². The van der Waals surface area contributed by atoms with Crippen molar-refractivity contribution in [3.63, 3.8) is 0 Å². The van der Waals surface area contributed by atoms with Gasteiger partial charge in [-0.25, -0.2) is 0 Å². The summed E-state index contributed by atoms with van der Waals surface area (Å²) in [6.45, 7) is 3.63. The average Bonchev–Trinajstić information content (AvgIpc) is 3.08. The van der Waals surface area contributed by atoms with Gasteiger partial charge in [0, 0.05) is 19.2 Å². The molecule has 2 aliphatic rings. The van der Waals surface area contributed by atoms with E-state index in [1.807, 2.05) is 0 Å². The minimum Gasteiger partial charge on any atom is -0.396 e. The van der Waals surface area contributed by atoms with Crippen molar-refractivity contribution in [2.75, 3.05) is 13.2 Å². The Bertz CT molecular complexity index is 433. The SMILES string of the molecule is Cc1cccc(C2CC(NCC3(CCO)CC3)C2)c1. The molecule has 0 heterocycles. The normalized spacial score (nSPS) is 27.9. The molecule has 0 unspecified atom stereocenters. The Hall–Kier alpha value is -0.860. The van der Waals surface area contributed by atoms with Crippen LogP contribution in [0.2, 0.25) is 0 Å². The second-order valence-electron chi connectivity index (χ2n) is 6.63. The number of benzene rings is 1. The van der Waals surface area contributed by atoms with Crippen LogP contribution in [-0.2, 0) is 0 Å². The van der Waals surface area contributed by atoms with Gasteiger partial charge in [-0.05, 0) is 55.9 Å². The van der Waals surface area contributed by atoms with Crippen LogP contribution in [0.5, 0.6) is 0 Å². The van der Waals surface area contributed by atoms with Gasteiger partial charge in [0.15, 0.2) is 0 Å². The van der Waals surface area contributed by atoms with Crippen LogP contribution in [0.1, 0.15) is 49.1 Å². The van der Waals surface area contributed by atoms with E-state index in [-0.39, 0.29) is 0 Å². The van der Waals surface area contributed by atoms with Crippen molar-refractivity contribution in [2.45, 2.75) is 51.0 Å². The van der Waals surface area contributed by atoms with Gasteiger partial charge >= 0.3 is 0 Å².